The van der Waals surface area contributed by atoms with Gasteiger partial charge in [-0.05, 0) is 20.8 Å². The van der Waals surface area contributed by atoms with Gasteiger partial charge in [-0.2, -0.15) is 0 Å². The van der Waals surface area contributed by atoms with E-state index in [1.807, 2.05) is 6.54 Å². The van der Waals surface area contributed by atoms with E-state index in [0.717, 1.165) is 0 Å². The van der Waals surface area contributed by atoms with Crippen molar-refractivity contribution in [3.63, 3.8) is 0 Å². The lowest BCUT2D eigenvalue weighted by atomic mass is 10.1. The molecule has 0 amide bonds. The van der Waals surface area contributed by atoms with Crippen LogP contribution in [0.3, 0.4) is 0 Å². The summed E-state index contributed by atoms with van der Waals surface area (Å²) in [7, 11) is 0. The lowest BCUT2D eigenvalue weighted by molar-refractivity contribution is 0.476. The van der Waals surface area contributed by atoms with Gasteiger partial charge in [0.15, 0.2) is 0 Å². The summed E-state index contributed by atoms with van der Waals surface area (Å²) in [6.07, 6.45) is 1.74. The average molecular weight is 112 g/mol. The molecule has 0 aromatic carbocycles. The van der Waals surface area contributed by atoms with E-state index in [0.29, 0.717) is 0 Å². The zero-order valence-electron chi connectivity index (χ0n) is 5.86. The minimum atomic E-state index is 0.175. The third-order valence-corrected chi connectivity index (χ3v) is 0.634. The van der Waals surface area contributed by atoms with Crippen LogP contribution >= 0.6 is 0 Å². The van der Waals surface area contributed by atoms with E-state index in [9.17, 15) is 0 Å². The number of nitrogens with one attached hydrogen (secondary N) is 1. The van der Waals surface area contributed by atoms with E-state index in [4.69, 9.17) is 0 Å². The number of hydrogen-bond donors (Lipinski definition) is 1. The second-order valence-corrected chi connectivity index (χ2v) is 2.80. The molecule has 1 N–H and O–H groups in total. The number of hydrogen-bond acceptors (Lipinski definition) is 1. The van der Waals surface area contributed by atoms with Crippen molar-refractivity contribution < 1.29 is 0 Å². The highest BCUT2D eigenvalue weighted by Crippen LogP contribution is 1.97. The monoisotopic (exact) mass is 112 g/mol. The van der Waals surface area contributed by atoms with Crippen molar-refractivity contribution in [3.8, 4) is 0 Å². The van der Waals surface area contributed by atoms with E-state index >= 15 is 0 Å². The molecule has 0 saturated heterocycles. The molecule has 0 aliphatic carbocycles. The van der Waals surface area contributed by atoms with Gasteiger partial charge in [0.05, 0.1) is 0 Å². The van der Waals surface area contributed by atoms with Gasteiger partial charge >= 0.3 is 0 Å². The molecule has 8 heavy (non-hydrogen) atoms. The molecule has 1 radical (unpaired) electrons. The van der Waals surface area contributed by atoms with Crippen molar-refractivity contribution >= 4 is 0 Å². The molecule has 0 rings (SSSR count). The lowest BCUT2D eigenvalue weighted by Crippen LogP contribution is -2.32. The molecule has 0 saturated carbocycles. The Balaban J connectivity index is 3.24. The van der Waals surface area contributed by atoms with Gasteiger partial charge in [-0.1, -0.05) is 6.08 Å². The fourth-order valence-corrected chi connectivity index (χ4v) is 0.309. The van der Waals surface area contributed by atoms with Crippen LogP contribution < -0.4 is 5.32 Å². The summed E-state index contributed by atoms with van der Waals surface area (Å²) in [5, 5.41) is 3.13. The van der Waals surface area contributed by atoms with Crippen molar-refractivity contribution in [3.05, 3.63) is 19.2 Å². The number of rotatable bonds is 2. The van der Waals surface area contributed by atoms with Gasteiger partial charge < -0.3 is 5.32 Å². The quantitative estimate of drug-likeness (QED) is 0.573. The normalized spacial score (nSPS) is 11.4. The fourth-order valence-electron chi connectivity index (χ4n) is 0.309. The molecule has 0 bridgehead atoms. The smallest absolute Gasteiger partial charge is 0.0443 e. The minimum Gasteiger partial charge on any atom is -0.304 e. The first-order valence-electron chi connectivity index (χ1n) is 2.78. The van der Waals surface area contributed by atoms with Gasteiger partial charge in [0, 0.05) is 12.1 Å². The van der Waals surface area contributed by atoms with Gasteiger partial charge in [-0.3, -0.25) is 0 Å². The van der Waals surface area contributed by atoms with Crippen LogP contribution in [0, 0.1) is 6.54 Å². The van der Waals surface area contributed by atoms with Crippen LogP contribution in [0.2, 0.25) is 0 Å². The Bertz CT molecular complexity index is 68.9. The largest absolute Gasteiger partial charge is 0.304 e. The third kappa shape index (κ3) is 5.70. The summed E-state index contributed by atoms with van der Waals surface area (Å²) in [6.45, 7) is 11.7. The summed E-state index contributed by atoms with van der Waals surface area (Å²) in [6, 6.07) is 0. The van der Waals surface area contributed by atoms with E-state index in [2.05, 4.69) is 32.7 Å². The maximum absolute atomic E-state index is 3.55. The minimum absolute atomic E-state index is 0.175. The van der Waals surface area contributed by atoms with Crippen molar-refractivity contribution in [1.82, 2.24) is 5.32 Å². The predicted octanol–water partition coefficient (Wildman–Crippen LogP) is 1.72. The van der Waals surface area contributed by atoms with Crippen LogP contribution in [0.25, 0.3) is 0 Å². The van der Waals surface area contributed by atoms with Crippen LogP contribution in [0.1, 0.15) is 20.8 Å². The summed E-state index contributed by atoms with van der Waals surface area (Å²) in [5.41, 5.74) is 0.175. The highest BCUT2D eigenvalue weighted by Gasteiger charge is 2.05. The standard InChI is InChI=1S/C7H14N/c1-5-6-8-7(2,3)4/h5-6,8H,1H2,2-4H3. The van der Waals surface area contributed by atoms with E-state index in [1.165, 1.54) is 0 Å². The van der Waals surface area contributed by atoms with Crippen molar-refractivity contribution in [1.29, 1.82) is 0 Å². The predicted molar refractivity (Wildman–Crippen MR) is 37.4 cm³/mol. The summed E-state index contributed by atoms with van der Waals surface area (Å²) >= 11 is 0. The molecule has 0 aliphatic heterocycles. The van der Waals surface area contributed by atoms with E-state index in [-0.39, 0.29) is 5.54 Å². The zero-order valence-corrected chi connectivity index (χ0v) is 5.86. The molecule has 0 aromatic heterocycles. The molecule has 0 aliphatic rings. The first kappa shape index (κ1) is 7.70. The van der Waals surface area contributed by atoms with Crippen LogP contribution in [-0.2, 0) is 0 Å². The third-order valence-electron chi connectivity index (χ3n) is 0.634. The molecule has 1 nitrogen and oxygen atoms in total. The highest BCUT2D eigenvalue weighted by atomic mass is 14.9. The Morgan fingerprint density at radius 1 is 1.38 bits per heavy atom. The Kier molecular flexibility index (Phi) is 2.77. The first-order valence-corrected chi connectivity index (χ1v) is 2.78. The Morgan fingerprint density at radius 3 is 2.00 bits per heavy atom. The summed E-state index contributed by atoms with van der Waals surface area (Å²) in [5.74, 6) is 0. The van der Waals surface area contributed by atoms with Crippen molar-refractivity contribution in [2.24, 2.45) is 0 Å². The molecule has 0 atom stereocenters. The van der Waals surface area contributed by atoms with Crippen LogP contribution in [-0.4, -0.2) is 5.54 Å². The second kappa shape index (κ2) is 2.88. The molecular formula is C7H14N. The molecule has 0 spiro atoms. The topological polar surface area (TPSA) is 12.0 Å². The van der Waals surface area contributed by atoms with Crippen LogP contribution in [0.5, 0.6) is 0 Å². The maximum atomic E-state index is 3.55. The molecule has 1 heteroatoms. The molecule has 0 heterocycles. The van der Waals surface area contributed by atoms with Crippen LogP contribution in [0.15, 0.2) is 12.7 Å². The van der Waals surface area contributed by atoms with Gasteiger partial charge in [0.2, 0.25) is 0 Å². The van der Waals surface area contributed by atoms with Crippen molar-refractivity contribution in [2.75, 3.05) is 0 Å². The van der Waals surface area contributed by atoms with Gasteiger partial charge in [0.25, 0.3) is 0 Å². The van der Waals surface area contributed by atoms with Crippen molar-refractivity contribution in [2.45, 2.75) is 26.3 Å². The maximum Gasteiger partial charge on any atom is 0.0443 e. The molecule has 0 aromatic rings. The van der Waals surface area contributed by atoms with E-state index in [1.54, 1.807) is 6.08 Å². The Morgan fingerprint density at radius 2 is 1.88 bits per heavy atom. The molecule has 0 fully saturated rings. The van der Waals surface area contributed by atoms with E-state index < -0.39 is 0 Å². The Hall–Kier alpha value is -0.300. The lowest BCUT2D eigenvalue weighted by Gasteiger charge is -2.18. The summed E-state index contributed by atoms with van der Waals surface area (Å²) < 4.78 is 0. The SMILES string of the molecule is C=C[CH]NC(C)(C)C. The average Bonchev–Trinajstić information content (AvgIpc) is 1.59. The van der Waals surface area contributed by atoms with Gasteiger partial charge in [-0.15, -0.1) is 6.58 Å². The highest BCUT2D eigenvalue weighted by molar-refractivity contribution is 4.88. The summed E-state index contributed by atoms with van der Waals surface area (Å²) in [4.78, 5) is 0. The fraction of sp³-hybridized carbons (Fsp3) is 0.571. The van der Waals surface area contributed by atoms with Gasteiger partial charge in [0.1, 0.15) is 0 Å². The zero-order chi connectivity index (χ0) is 6.62. The molecule has 47 valence electrons. The molecule has 0 unspecified atom stereocenters. The van der Waals surface area contributed by atoms with Gasteiger partial charge in [-0.25, -0.2) is 0 Å². The Labute approximate surface area is 51.8 Å². The van der Waals surface area contributed by atoms with Crippen LogP contribution in [0.4, 0.5) is 0 Å². The molecular weight excluding hydrogens is 98.1 g/mol. The second-order valence-electron chi connectivity index (χ2n) is 2.80. The first-order chi connectivity index (χ1) is 3.56.